The molecule has 1 N–H and O–H groups in total. The van der Waals surface area contributed by atoms with Gasteiger partial charge in [0.1, 0.15) is 0 Å². The van der Waals surface area contributed by atoms with Gasteiger partial charge in [-0.1, -0.05) is 23.7 Å². The predicted molar refractivity (Wildman–Crippen MR) is 82.4 cm³/mol. The first kappa shape index (κ1) is 14.8. The lowest BCUT2D eigenvalue weighted by molar-refractivity contribution is 0.0942. The average Bonchev–Trinajstić information content (AvgIpc) is 2.68. The Morgan fingerprint density at radius 2 is 2.05 bits per heavy atom. The highest BCUT2D eigenvalue weighted by molar-refractivity contribution is 6.30. The molecule has 0 spiro atoms. The van der Waals surface area contributed by atoms with Gasteiger partial charge in [-0.15, -0.1) is 0 Å². The Bertz CT molecular complexity index is 619. The van der Waals surface area contributed by atoms with E-state index in [1.165, 1.54) is 0 Å². The minimum Gasteiger partial charge on any atom is -0.362 e. The monoisotopic (exact) mass is 290 g/mol. The van der Waals surface area contributed by atoms with E-state index in [0.29, 0.717) is 13.1 Å². The predicted octanol–water partition coefficient (Wildman–Crippen LogP) is 3.60. The molecule has 0 unspecified atom stereocenters. The Kier molecular flexibility index (Phi) is 4.63. The molecule has 2 aromatic rings. The molecule has 0 aliphatic carbocycles. The molecule has 1 heterocycles. The molecule has 0 atom stereocenters. The molecule has 0 saturated carbocycles. The van der Waals surface area contributed by atoms with Crippen LogP contribution in [0.3, 0.4) is 0 Å². The Balaban J connectivity index is 1.99. The van der Waals surface area contributed by atoms with E-state index in [-0.39, 0.29) is 5.78 Å². The zero-order valence-corrected chi connectivity index (χ0v) is 12.8. The molecule has 0 fully saturated rings. The quantitative estimate of drug-likeness (QED) is 0.854. The van der Waals surface area contributed by atoms with Crippen LogP contribution in [0.2, 0.25) is 5.02 Å². The molecular weight excluding hydrogens is 272 g/mol. The van der Waals surface area contributed by atoms with Gasteiger partial charge in [0.15, 0.2) is 5.78 Å². The number of halogens is 1. The van der Waals surface area contributed by atoms with Crippen LogP contribution in [0.1, 0.15) is 27.3 Å². The molecule has 4 heteroatoms. The minimum absolute atomic E-state index is 0.136. The van der Waals surface area contributed by atoms with Crippen molar-refractivity contribution >= 4 is 17.4 Å². The van der Waals surface area contributed by atoms with Crippen molar-refractivity contribution in [2.24, 2.45) is 0 Å². The lowest BCUT2D eigenvalue weighted by Crippen LogP contribution is -2.25. The summed E-state index contributed by atoms with van der Waals surface area (Å²) in [6, 6.07) is 9.62. The highest BCUT2D eigenvalue weighted by Gasteiger charge is 2.14. The maximum Gasteiger partial charge on any atom is 0.178 e. The number of hydrogen-bond donors (Lipinski definition) is 1. The summed E-state index contributed by atoms with van der Waals surface area (Å²) >= 11 is 5.96. The summed E-state index contributed by atoms with van der Waals surface area (Å²) in [5, 5.41) is 0.722. The van der Waals surface area contributed by atoms with Crippen molar-refractivity contribution in [1.29, 1.82) is 0 Å². The third-order valence-electron chi connectivity index (χ3n) is 3.20. The van der Waals surface area contributed by atoms with E-state index < -0.39 is 0 Å². The highest BCUT2D eigenvalue weighted by Crippen LogP contribution is 2.14. The number of aryl methyl sites for hydroxylation is 2. The lowest BCUT2D eigenvalue weighted by atomic mass is 10.1. The van der Waals surface area contributed by atoms with Gasteiger partial charge >= 0.3 is 0 Å². The fraction of sp³-hybridized carbons (Fsp3) is 0.312. The van der Waals surface area contributed by atoms with Crippen molar-refractivity contribution in [3.05, 3.63) is 57.9 Å². The summed E-state index contributed by atoms with van der Waals surface area (Å²) in [5.74, 6) is 0.136. The first-order valence-electron chi connectivity index (χ1n) is 6.58. The van der Waals surface area contributed by atoms with Crippen LogP contribution in [0, 0.1) is 13.8 Å². The third kappa shape index (κ3) is 3.71. The number of rotatable bonds is 5. The summed E-state index contributed by atoms with van der Waals surface area (Å²) in [7, 11) is 1.94. The van der Waals surface area contributed by atoms with Crippen LogP contribution in [-0.4, -0.2) is 29.3 Å². The van der Waals surface area contributed by atoms with Crippen LogP contribution < -0.4 is 0 Å². The number of benzene rings is 1. The zero-order chi connectivity index (χ0) is 14.7. The molecule has 0 amide bonds. The number of hydrogen-bond acceptors (Lipinski definition) is 2. The van der Waals surface area contributed by atoms with E-state index in [4.69, 9.17) is 11.6 Å². The SMILES string of the molecule is Cc1cc(C(=O)CN(C)Cc2cccc(Cl)c2)c(C)[nH]1. The summed E-state index contributed by atoms with van der Waals surface area (Å²) in [6.45, 7) is 4.98. The second-order valence-corrected chi connectivity index (χ2v) is 5.65. The number of Topliss-reactive ketones (excluding diaryl/α,β-unsaturated/α-hetero) is 1. The molecule has 1 aromatic carbocycles. The van der Waals surface area contributed by atoms with Crippen molar-refractivity contribution in [1.82, 2.24) is 9.88 Å². The number of ketones is 1. The molecular formula is C16H19ClN2O. The highest BCUT2D eigenvalue weighted by atomic mass is 35.5. The van der Waals surface area contributed by atoms with Gasteiger partial charge in [0.05, 0.1) is 6.54 Å². The fourth-order valence-corrected chi connectivity index (χ4v) is 2.56. The number of aromatic amines is 1. The molecule has 3 nitrogen and oxygen atoms in total. The van der Waals surface area contributed by atoms with Gasteiger partial charge in [-0.3, -0.25) is 9.69 Å². The smallest absolute Gasteiger partial charge is 0.178 e. The zero-order valence-electron chi connectivity index (χ0n) is 12.0. The summed E-state index contributed by atoms with van der Waals surface area (Å²) in [4.78, 5) is 17.4. The molecule has 0 aliphatic rings. The van der Waals surface area contributed by atoms with Gasteiger partial charge < -0.3 is 4.98 Å². The van der Waals surface area contributed by atoms with Crippen LogP contribution in [0.5, 0.6) is 0 Å². The molecule has 20 heavy (non-hydrogen) atoms. The van der Waals surface area contributed by atoms with Gasteiger partial charge in [0.25, 0.3) is 0 Å². The Hall–Kier alpha value is -1.58. The van der Waals surface area contributed by atoms with E-state index in [1.807, 2.05) is 56.1 Å². The first-order chi connectivity index (χ1) is 9.45. The Labute approximate surface area is 124 Å². The standard InChI is InChI=1S/C16H19ClN2O/c1-11-7-15(12(2)18-11)16(20)10-19(3)9-13-5-4-6-14(17)8-13/h4-8,18H,9-10H2,1-3H3. The van der Waals surface area contributed by atoms with Gasteiger partial charge in [0.2, 0.25) is 0 Å². The number of carbonyl (C=O) groups is 1. The van der Waals surface area contributed by atoms with Crippen LogP contribution in [0.25, 0.3) is 0 Å². The van der Waals surface area contributed by atoms with E-state index in [0.717, 1.165) is 27.5 Å². The molecule has 1 aromatic heterocycles. The average molecular weight is 291 g/mol. The van der Waals surface area contributed by atoms with E-state index >= 15 is 0 Å². The summed E-state index contributed by atoms with van der Waals surface area (Å²) in [5.41, 5.74) is 3.84. The lowest BCUT2D eigenvalue weighted by Gasteiger charge is -2.15. The van der Waals surface area contributed by atoms with E-state index in [9.17, 15) is 4.79 Å². The van der Waals surface area contributed by atoms with Crippen molar-refractivity contribution in [2.45, 2.75) is 20.4 Å². The van der Waals surface area contributed by atoms with Gasteiger partial charge in [0, 0.05) is 28.5 Å². The van der Waals surface area contributed by atoms with Crippen LogP contribution >= 0.6 is 11.6 Å². The minimum atomic E-state index is 0.136. The normalized spacial score (nSPS) is 11.1. The van der Waals surface area contributed by atoms with Gasteiger partial charge in [-0.05, 0) is 44.7 Å². The number of H-pyrrole nitrogens is 1. The number of aromatic nitrogens is 1. The maximum atomic E-state index is 12.3. The second kappa shape index (κ2) is 6.25. The van der Waals surface area contributed by atoms with Crippen molar-refractivity contribution in [2.75, 3.05) is 13.6 Å². The first-order valence-corrected chi connectivity index (χ1v) is 6.96. The molecule has 0 aliphatic heterocycles. The van der Waals surface area contributed by atoms with Crippen molar-refractivity contribution < 1.29 is 4.79 Å². The fourth-order valence-electron chi connectivity index (χ4n) is 2.35. The van der Waals surface area contributed by atoms with Gasteiger partial charge in [-0.25, -0.2) is 0 Å². The number of carbonyl (C=O) groups excluding carboxylic acids is 1. The van der Waals surface area contributed by atoms with Crippen molar-refractivity contribution in [3.63, 3.8) is 0 Å². The molecule has 0 radical (unpaired) electrons. The van der Waals surface area contributed by atoms with Crippen LogP contribution in [0.4, 0.5) is 0 Å². The Morgan fingerprint density at radius 1 is 1.30 bits per heavy atom. The van der Waals surface area contributed by atoms with E-state index in [2.05, 4.69) is 4.98 Å². The third-order valence-corrected chi connectivity index (χ3v) is 3.44. The molecule has 2 rings (SSSR count). The number of nitrogens with zero attached hydrogens (tertiary/aromatic N) is 1. The number of nitrogens with one attached hydrogen (secondary N) is 1. The largest absolute Gasteiger partial charge is 0.362 e. The second-order valence-electron chi connectivity index (χ2n) is 5.22. The maximum absolute atomic E-state index is 12.3. The summed E-state index contributed by atoms with van der Waals surface area (Å²) < 4.78 is 0. The summed E-state index contributed by atoms with van der Waals surface area (Å²) in [6.07, 6.45) is 0. The number of likely N-dealkylation sites (N-methyl/N-ethyl adjacent to an activating group) is 1. The molecule has 0 bridgehead atoms. The topological polar surface area (TPSA) is 36.1 Å². The van der Waals surface area contributed by atoms with Crippen LogP contribution in [-0.2, 0) is 6.54 Å². The van der Waals surface area contributed by atoms with Gasteiger partial charge in [-0.2, -0.15) is 0 Å². The molecule has 106 valence electrons. The van der Waals surface area contributed by atoms with Crippen LogP contribution in [0.15, 0.2) is 30.3 Å². The van der Waals surface area contributed by atoms with Crippen molar-refractivity contribution in [3.8, 4) is 0 Å². The van der Waals surface area contributed by atoms with E-state index in [1.54, 1.807) is 0 Å². The molecule has 0 saturated heterocycles. The Morgan fingerprint density at radius 3 is 2.65 bits per heavy atom.